The van der Waals surface area contributed by atoms with Crippen molar-refractivity contribution in [3.05, 3.63) is 29.8 Å². The number of nitrogens with two attached hydrogens (primary N) is 1. The summed E-state index contributed by atoms with van der Waals surface area (Å²) in [5, 5.41) is 5.82. The lowest BCUT2D eigenvalue weighted by atomic mass is 10.1. The summed E-state index contributed by atoms with van der Waals surface area (Å²) in [4.78, 5) is 1.34. The van der Waals surface area contributed by atoms with Crippen LogP contribution < -0.4 is 5.14 Å². The number of hydrogen-bond acceptors (Lipinski definition) is 3. The Labute approximate surface area is 150 Å². The fourth-order valence-electron chi connectivity index (χ4n) is 2.15. The van der Waals surface area contributed by atoms with Gasteiger partial charge in [0.25, 0.3) is 0 Å². The second-order valence-corrected chi connectivity index (χ2v) is 14.9. The lowest BCUT2D eigenvalue weighted by molar-refractivity contribution is -0.179. The lowest BCUT2D eigenvalue weighted by Gasteiger charge is -2.32. The first-order valence-electron chi connectivity index (χ1n) is 7.88. The minimum atomic E-state index is -4.40. The molecule has 1 aromatic rings. The quantitative estimate of drug-likeness (QED) is 0.760. The third kappa shape index (κ3) is 5.29. The van der Waals surface area contributed by atoms with Crippen molar-refractivity contribution in [2.45, 2.75) is 56.0 Å². The number of halogens is 3. The maximum atomic E-state index is 13.2. The second kappa shape index (κ2) is 7.01. The molecule has 25 heavy (non-hydrogen) atoms. The summed E-state index contributed by atoms with van der Waals surface area (Å²) in [5.74, 6) is 0. The zero-order valence-electron chi connectivity index (χ0n) is 15.8. The number of hydrogen-bond donors (Lipinski definition) is 1. The van der Waals surface area contributed by atoms with Crippen LogP contribution in [-0.4, -0.2) is 37.6 Å². The topological polar surface area (TPSA) is 58.7 Å². The van der Waals surface area contributed by atoms with Gasteiger partial charge in [-0.25, -0.2) is 9.35 Å². The van der Waals surface area contributed by atoms with Gasteiger partial charge in [-0.1, -0.05) is 32.9 Å². The largest absolute Gasteiger partial charge is 0.408 e. The summed E-state index contributed by atoms with van der Waals surface area (Å²) in [5.41, 5.74) is 0.0729. The average Bonchev–Trinajstić information content (AvgIpc) is 2.34. The Morgan fingerprint density at radius 3 is 1.88 bits per heavy atom. The molecule has 4 nitrogen and oxygen atoms in total. The molecule has 0 saturated heterocycles. The molecule has 0 bridgehead atoms. The van der Waals surface area contributed by atoms with Gasteiger partial charge >= 0.3 is 6.18 Å². The van der Waals surface area contributed by atoms with Gasteiger partial charge in [0.2, 0.25) is 0 Å². The van der Waals surface area contributed by atoms with E-state index in [0.29, 0.717) is 0 Å². The van der Waals surface area contributed by atoms with E-state index in [1.807, 2.05) is 33.9 Å². The molecular formula is C16H28F3N3OSSi. The maximum Gasteiger partial charge on any atom is 0.408 e. The van der Waals surface area contributed by atoms with E-state index >= 15 is 0 Å². The highest BCUT2D eigenvalue weighted by Gasteiger charge is 2.42. The van der Waals surface area contributed by atoms with E-state index in [-0.39, 0.29) is 15.5 Å². The van der Waals surface area contributed by atoms with Crippen LogP contribution in [0.5, 0.6) is 0 Å². The Morgan fingerprint density at radius 2 is 1.56 bits per heavy atom. The van der Waals surface area contributed by atoms with Crippen molar-refractivity contribution in [3.8, 4) is 0 Å². The van der Waals surface area contributed by atoms with E-state index in [1.165, 1.54) is 38.4 Å². The lowest BCUT2D eigenvalue weighted by Crippen LogP contribution is -2.37. The Bertz CT molecular complexity index is 716. The summed E-state index contributed by atoms with van der Waals surface area (Å²) in [6.45, 7) is 10.0. The molecule has 0 aliphatic rings. The van der Waals surface area contributed by atoms with Gasteiger partial charge in [-0.2, -0.15) is 13.2 Å². The highest BCUT2D eigenvalue weighted by molar-refractivity contribution is 7.92. The molecule has 2 N–H and O–H groups in total. The normalized spacial score (nSPS) is 17.3. The molecule has 9 heteroatoms. The van der Waals surface area contributed by atoms with E-state index in [1.54, 1.807) is 0 Å². The molecule has 1 aromatic carbocycles. The zero-order valence-corrected chi connectivity index (χ0v) is 17.6. The highest BCUT2D eigenvalue weighted by atomic mass is 32.2. The predicted molar refractivity (Wildman–Crippen MR) is 99.1 cm³/mol. The summed E-state index contributed by atoms with van der Waals surface area (Å²) in [6.07, 6.45) is -4.40. The van der Waals surface area contributed by atoms with Crippen LogP contribution in [0.4, 0.5) is 13.2 Å². The minimum absolute atomic E-state index is 0.0729. The van der Waals surface area contributed by atoms with Crippen molar-refractivity contribution >= 4 is 18.2 Å². The summed E-state index contributed by atoms with van der Waals surface area (Å²) in [7, 11) is -2.70. The standard InChI is InChI=1S/C16H28F3N3OSSi/c1-15(2,3)25(6,7)21-24(20,23)13-10-8-12(9-11-13)14(22(4)5)16(17,18)19/h8-11,14H,1-7H3,(H2,20,21,23). The molecule has 0 amide bonds. The van der Waals surface area contributed by atoms with Crippen molar-refractivity contribution in [1.29, 1.82) is 0 Å². The van der Waals surface area contributed by atoms with Crippen molar-refractivity contribution < 1.29 is 17.4 Å². The van der Waals surface area contributed by atoms with Crippen molar-refractivity contribution in [1.82, 2.24) is 4.90 Å². The molecule has 0 radical (unpaired) electrons. The molecule has 0 saturated carbocycles. The number of nitrogens with zero attached hydrogens (tertiary/aromatic N) is 2. The summed E-state index contributed by atoms with van der Waals surface area (Å²) in [6, 6.07) is 3.68. The van der Waals surface area contributed by atoms with E-state index in [0.717, 1.165) is 4.90 Å². The van der Waals surface area contributed by atoms with Gasteiger partial charge in [0.05, 0.1) is 4.90 Å². The van der Waals surface area contributed by atoms with Gasteiger partial charge in [-0.05, 0) is 49.9 Å². The van der Waals surface area contributed by atoms with E-state index in [2.05, 4.69) is 4.03 Å². The Balaban J connectivity index is 3.33. The first-order chi connectivity index (χ1) is 11.0. The van der Waals surface area contributed by atoms with Crippen LogP contribution in [0.1, 0.15) is 32.4 Å². The van der Waals surface area contributed by atoms with Crippen LogP contribution in [0.3, 0.4) is 0 Å². The van der Waals surface area contributed by atoms with Crippen molar-refractivity contribution in [2.24, 2.45) is 9.17 Å². The molecule has 144 valence electrons. The van der Waals surface area contributed by atoms with Crippen molar-refractivity contribution in [2.75, 3.05) is 14.1 Å². The van der Waals surface area contributed by atoms with Crippen LogP contribution in [0.2, 0.25) is 18.1 Å². The molecule has 0 fully saturated rings. The predicted octanol–water partition coefficient (Wildman–Crippen LogP) is 4.56. The first kappa shape index (κ1) is 22.1. The van der Waals surface area contributed by atoms with Crippen LogP contribution >= 0.6 is 0 Å². The first-order valence-corrected chi connectivity index (χ1v) is 12.4. The maximum absolute atomic E-state index is 13.2. The Kier molecular flexibility index (Phi) is 6.21. The summed E-state index contributed by atoms with van der Waals surface area (Å²) < 4.78 is 57.0. The van der Waals surface area contributed by atoms with Crippen LogP contribution in [0.15, 0.2) is 33.2 Å². The van der Waals surface area contributed by atoms with E-state index in [9.17, 15) is 17.4 Å². The third-order valence-corrected chi connectivity index (χ3v) is 12.1. The molecule has 0 aliphatic heterocycles. The monoisotopic (exact) mass is 395 g/mol. The Hall–Kier alpha value is -0.903. The van der Waals surface area contributed by atoms with Gasteiger partial charge in [0.1, 0.15) is 16.0 Å². The van der Waals surface area contributed by atoms with Gasteiger partial charge < -0.3 is 0 Å². The molecule has 1 rings (SSSR count). The number of alkyl halides is 3. The zero-order chi connectivity index (χ0) is 19.8. The van der Waals surface area contributed by atoms with E-state index in [4.69, 9.17) is 5.14 Å². The number of rotatable bonds is 4. The molecule has 0 spiro atoms. The fraction of sp³-hybridized carbons (Fsp3) is 0.625. The molecule has 0 aliphatic carbocycles. The second-order valence-electron chi connectivity index (χ2n) is 7.95. The van der Waals surface area contributed by atoms with Crippen LogP contribution in [0.25, 0.3) is 0 Å². The molecule has 2 atom stereocenters. The van der Waals surface area contributed by atoms with Crippen molar-refractivity contribution in [3.63, 3.8) is 0 Å². The molecule has 0 aromatic heterocycles. The molecular weight excluding hydrogens is 367 g/mol. The minimum Gasteiger partial charge on any atom is -0.295 e. The summed E-state index contributed by atoms with van der Waals surface area (Å²) >= 11 is 0. The van der Waals surface area contributed by atoms with Gasteiger partial charge in [0.15, 0.2) is 8.24 Å². The SMILES string of the molecule is CN(C)C(c1ccc(S(N)(=O)=N[Si](C)(C)C(C)(C)C)cc1)C(F)(F)F. The highest BCUT2D eigenvalue weighted by Crippen LogP contribution is 2.38. The van der Waals surface area contributed by atoms with Crippen LogP contribution in [0, 0.1) is 0 Å². The Morgan fingerprint density at radius 1 is 1.12 bits per heavy atom. The molecule has 0 heterocycles. The molecule has 2 unspecified atom stereocenters. The van der Waals surface area contributed by atoms with E-state index < -0.39 is 30.4 Å². The van der Waals surface area contributed by atoms with Gasteiger partial charge in [-0.3, -0.25) is 8.93 Å². The smallest absolute Gasteiger partial charge is 0.295 e. The van der Waals surface area contributed by atoms with Crippen LogP contribution in [-0.2, 0) is 9.92 Å². The number of benzene rings is 1. The van der Waals surface area contributed by atoms with Gasteiger partial charge in [-0.15, -0.1) is 0 Å². The van der Waals surface area contributed by atoms with Gasteiger partial charge in [0, 0.05) is 0 Å². The average molecular weight is 396 g/mol. The third-order valence-electron chi connectivity index (χ3n) is 4.56. The fourth-order valence-corrected chi connectivity index (χ4v) is 6.91.